The molecular formula is C7H18O. The van der Waals surface area contributed by atoms with Gasteiger partial charge in [0, 0.05) is 6.61 Å². The molecule has 0 radical (unpaired) electrons. The van der Waals surface area contributed by atoms with Crippen LogP contribution >= 0.6 is 0 Å². The van der Waals surface area contributed by atoms with Crippen LogP contribution in [0.1, 0.15) is 34.6 Å². The molecule has 0 saturated carbocycles. The van der Waals surface area contributed by atoms with Crippen molar-refractivity contribution in [2.45, 2.75) is 40.7 Å². The van der Waals surface area contributed by atoms with Crippen LogP contribution in [-0.4, -0.2) is 12.7 Å². The maximum atomic E-state index is 5.19. The fourth-order valence-corrected chi connectivity index (χ4v) is 0.402. The van der Waals surface area contributed by atoms with Gasteiger partial charge in [0.2, 0.25) is 0 Å². The summed E-state index contributed by atoms with van der Waals surface area (Å²) in [6, 6.07) is 0. The molecule has 0 spiro atoms. The van der Waals surface area contributed by atoms with Crippen LogP contribution in [0.3, 0.4) is 0 Å². The predicted molar refractivity (Wildman–Crippen MR) is 38.1 cm³/mol. The first-order valence-corrected chi connectivity index (χ1v) is 2.92. The Bertz CT molecular complexity index is 35.4. The Kier molecular flexibility index (Phi) is 9.44. The van der Waals surface area contributed by atoms with Gasteiger partial charge in [-0.25, -0.2) is 0 Å². The molecule has 0 rings (SSSR count). The molecule has 0 aromatic carbocycles. The third-order valence-electron chi connectivity index (χ3n) is 1.03. The SMILES string of the molecule is C.CCOC(C)CC. The van der Waals surface area contributed by atoms with Crippen molar-refractivity contribution in [1.82, 2.24) is 0 Å². The van der Waals surface area contributed by atoms with Gasteiger partial charge in [0.05, 0.1) is 6.10 Å². The topological polar surface area (TPSA) is 9.23 Å². The highest BCUT2D eigenvalue weighted by molar-refractivity contribution is 4.40. The van der Waals surface area contributed by atoms with E-state index in [9.17, 15) is 0 Å². The van der Waals surface area contributed by atoms with Crippen molar-refractivity contribution in [3.8, 4) is 0 Å². The van der Waals surface area contributed by atoms with Gasteiger partial charge in [-0.1, -0.05) is 14.4 Å². The third-order valence-corrected chi connectivity index (χ3v) is 1.03. The average molecular weight is 118 g/mol. The second-order valence-electron chi connectivity index (χ2n) is 1.67. The van der Waals surface area contributed by atoms with Gasteiger partial charge in [-0.15, -0.1) is 0 Å². The largest absolute Gasteiger partial charge is 0.379 e. The smallest absolute Gasteiger partial charge is 0.0544 e. The second kappa shape index (κ2) is 6.96. The van der Waals surface area contributed by atoms with E-state index < -0.39 is 0 Å². The molecule has 1 heteroatoms. The number of hydrogen-bond acceptors (Lipinski definition) is 1. The summed E-state index contributed by atoms with van der Waals surface area (Å²) in [7, 11) is 0. The Hall–Kier alpha value is -0.0400. The lowest BCUT2D eigenvalue weighted by molar-refractivity contribution is 0.0739. The molecule has 1 atom stereocenters. The maximum absolute atomic E-state index is 5.19. The minimum absolute atomic E-state index is 0. The van der Waals surface area contributed by atoms with Gasteiger partial charge >= 0.3 is 0 Å². The molecule has 0 saturated heterocycles. The third kappa shape index (κ3) is 5.96. The zero-order chi connectivity index (χ0) is 5.70. The van der Waals surface area contributed by atoms with Crippen molar-refractivity contribution in [1.29, 1.82) is 0 Å². The van der Waals surface area contributed by atoms with E-state index in [0.717, 1.165) is 13.0 Å². The Morgan fingerprint density at radius 1 is 1.38 bits per heavy atom. The molecule has 0 heterocycles. The molecule has 0 fully saturated rings. The van der Waals surface area contributed by atoms with Crippen LogP contribution in [0, 0.1) is 0 Å². The number of hydrogen-bond donors (Lipinski definition) is 0. The first-order valence-electron chi connectivity index (χ1n) is 2.92. The first-order chi connectivity index (χ1) is 3.31. The molecule has 0 aliphatic heterocycles. The Morgan fingerprint density at radius 3 is 2.00 bits per heavy atom. The van der Waals surface area contributed by atoms with Crippen molar-refractivity contribution in [2.75, 3.05) is 6.61 Å². The highest BCUT2D eigenvalue weighted by atomic mass is 16.5. The normalized spacial score (nSPS) is 12.4. The first kappa shape index (κ1) is 10.9. The fraction of sp³-hybridized carbons (Fsp3) is 1.00. The summed E-state index contributed by atoms with van der Waals surface area (Å²) in [6.45, 7) is 7.07. The van der Waals surface area contributed by atoms with Gasteiger partial charge in [-0.3, -0.25) is 0 Å². The Balaban J connectivity index is 0. The van der Waals surface area contributed by atoms with E-state index in [-0.39, 0.29) is 7.43 Å². The molecule has 0 aromatic heterocycles. The van der Waals surface area contributed by atoms with Crippen LogP contribution in [0.4, 0.5) is 0 Å². The summed E-state index contributed by atoms with van der Waals surface area (Å²) >= 11 is 0. The van der Waals surface area contributed by atoms with E-state index in [1.165, 1.54) is 0 Å². The van der Waals surface area contributed by atoms with Crippen LogP contribution in [0.15, 0.2) is 0 Å². The summed E-state index contributed by atoms with van der Waals surface area (Å²) in [5.74, 6) is 0. The predicted octanol–water partition coefficient (Wildman–Crippen LogP) is 2.46. The molecule has 1 unspecified atom stereocenters. The summed E-state index contributed by atoms with van der Waals surface area (Å²) in [5, 5.41) is 0. The number of ether oxygens (including phenoxy) is 1. The van der Waals surface area contributed by atoms with Gasteiger partial charge < -0.3 is 4.74 Å². The molecule has 0 N–H and O–H groups in total. The zero-order valence-electron chi connectivity index (χ0n) is 5.40. The minimum Gasteiger partial charge on any atom is -0.379 e. The van der Waals surface area contributed by atoms with E-state index >= 15 is 0 Å². The van der Waals surface area contributed by atoms with Crippen molar-refractivity contribution in [2.24, 2.45) is 0 Å². The van der Waals surface area contributed by atoms with E-state index in [1.807, 2.05) is 6.92 Å². The molecule has 0 aromatic rings. The minimum atomic E-state index is 0. The van der Waals surface area contributed by atoms with Crippen LogP contribution < -0.4 is 0 Å². The molecule has 0 bridgehead atoms. The van der Waals surface area contributed by atoms with Gasteiger partial charge in [0.1, 0.15) is 0 Å². The van der Waals surface area contributed by atoms with E-state index in [2.05, 4.69) is 13.8 Å². The monoisotopic (exact) mass is 118 g/mol. The van der Waals surface area contributed by atoms with E-state index in [1.54, 1.807) is 0 Å². The van der Waals surface area contributed by atoms with E-state index in [0.29, 0.717) is 6.10 Å². The quantitative estimate of drug-likeness (QED) is 0.553. The van der Waals surface area contributed by atoms with Crippen LogP contribution in [0.25, 0.3) is 0 Å². The maximum Gasteiger partial charge on any atom is 0.0544 e. The highest BCUT2D eigenvalue weighted by Crippen LogP contribution is 1.92. The Morgan fingerprint density at radius 2 is 1.88 bits per heavy atom. The lowest BCUT2D eigenvalue weighted by Crippen LogP contribution is -2.04. The van der Waals surface area contributed by atoms with Crippen molar-refractivity contribution in [3.05, 3.63) is 0 Å². The van der Waals surface area contributed by atoms with Crippen LogP contribution in [0.5, 0.6) is 0 Å². The highest BCUT2D eigenvalue weighted by Gasteiger charge is 1.91. The standard InChI is InChI=1S/C6H14O.CH4/c1-4-6(3)7-5-2;/h6H,4-5H2,1-3H3;1H4. The van der Waals surface area contributed by atoms with Crippen molar-refractivity contribution in [3.63, 3.8) is 0 Å². The summed E-state index contributed by atoms with van der Waals surface area (Å²) < 4.78 is 5.19. The number of rotatable bonds is 3. The van der Waals surface area contributed by atoms with E-state index in [4.69, 9.17) is 4.74 Å². The van der Waals surface area contributed by atoms with Gasteiger partial charge in [-0.2, -0.15) is 0 Å². The van der Waals surface area contributed by atoms with Crippen molar-refractivity contribution >= 4 is 0 Å². The molecular weight excluding hydrogens is 100 g/mol. The lowest BCUT2D eigenvalue weighted by atomic mass is 10.3. The average Bonchev–Trinajstić information content (AvgIpc) is 1.68. The molecule has 1 nitrogen and oxygen atoms in total. The summed E-state index contributed by atoms with van der Waals surface area (Å²) in [5.41, 5.74) is 0. The molecule has 0 aliphatic rings. The zero-order valence-corrected chi connectivity index (χ0v) is 5.40. The molecule has 0 amide bonds. The van der Waals surface area contributed by atoms with Crippen molar-refractivity contribution < 1.29 is 4.74 Å². The molecule has 8 heavy (non-hydrogen) atoms. The fourth-order valence-electron chi connectivity index (χ4n) is 0.402. The summed E-state index contributed by atoms with van der Waals surface area (Å²) in [4.78, 5) is 0. The van der Waals surface area contributed by atoms with Crippen LogP contribution in [-0.2, 0) is 4.74 Å². The molecule has 52 valence electrons. The van der Waals surface area contributed by atoms with Crippen LogP contribution in [0.2, 0.25) is 0 Å². The molecule has 0 aliphatic carbocycles. The lowest BCUT2D eigenvalue weighted by Gasteiger charge is -2.05. The Labute approximate surface area is 53.0 Å². The summed E-state index contributed by atoms with van der Waals surface area (Å²) in [6.07, 6.45) is 1.57. The van der Waals surface area contributed by atoms with Gasteiger partial charge in [-0.05, 0) is 20.3 Å². The van der Waals surface area contributed by atoms with Gasteiger partial charge in [0.15, 0.2) is 0 Å². The second-order valence-corrected chi connectivity index (χ2v) is 1.67. The van der Waals surface area contributed by atoms with Gasteiger partial charge in [0.25, 0.3) is 0 Å².